The van der Waals surface area contributed by atoms with Crippen LogP contribution >= 0.6 is 0 Å². The first-order chi connectivity index (χ1) is 30.4. The van der Waals surface area contributed by atoms with Crippen molar-refractivity contribution in [3.63, 3.8) is 0 Å². The molecule has 2 heterocycles. The van der Waals surface area contributed by atoms with E-state index in [2.05, 4.69) is 206 Å². The third-order valence-corrected chi connectivity index (χ3v) is 15.4. The van der Waals surface area contributed by atoms with E-state index >= 15 is 0 Å². The van der Waals surface area contributed by atoms with Crippen molar-refractivity contribution in [2.24, 2.45) is 17.8 Å². The predicted molar refractivity (Wildman–Crippen MR) is 262 cm³/mol. The minimum atomic E-state index is 0.0755. The number of fused-ring (bicyclic) bond motifs is 11. The van der Waals surface area contributed by atoms with Crippen LogP contribution in [-0.4, -0.2) is 9.13 Å². The maximum Gasteiger partial charge on any atom is 0.0541 e. The van der Waals surface area contributed by atoms with Gasteiger partial charge in [0.05, 0.1) is 22.1 Å². The first kappa shape index (κ1) is 36.1. The molecule has 0 radical (unpaired) electrons. The summed E-state index contributed by atoms with van der Waals surface area (Å²) in [6.07, 6.45) is 26.0. The van der Waals surface area contributed by atoms with Crippen LogP contribution in [0, 0.1) is 17.8 Å². The van der Waals surface area contributed by atoms with Gasteiger partial charge in [-0.15, -0.1) is 0 Å². The number of hydrogen-bond donors (Lipinski definition) is 0. The van der Waals surface area contributed by atoms with E-state index < -0.39 is 0 Å². The van der Waals surface area contributed by atoms with Gasteiger partial charge in [0.1, 0.15) is 0 Å². The molecule has 0 saturated carbocycles. The Kier molecular flexibility index (Phi) is 7.81. The fourth-order valence-corrected chi connectivity index (χ4v) is 12.4. The zero-order valence-corrected chi connectivity index (χ0v) is 35.8. The highest BCUT2D eigenvalue weighted by Crippen LogP contribution is 2.53. The smallest absolute Gasteiger partial charge is 0.0541 e. The second-order valence-corrected chi connectivity index (χ2v) is 19.1. The maximum absolute atomic E-state index is 2.55. The van der Waals surface area contributed by atoms with E-state index in [4.69, 9.17) is 0 Å². The third-order valence-electron chi connectivity index (χ3n) is 15.4. The molecule has 6 aromatic carbocycles. The molecule has 2 heteroatoms. The molecular formula is C60H50N2. The summed E-state index contributed by atoms with van der Waals surface area (Å²) in [4.78, 5) is 0. The van der Waals surface area contributed by atoms with Gasteiger partial charge in [-0.25, -0.2) is 0 Å². The first-order valence-electron chi connectivity index (χ1n) is 22.9. The number of allylic oxidation sites excluding steroid dienone is 12. The summed E-state index contributed by atoms with van der Waals surface area (Å²) in [6, 6.07) is 46.7. The van der Waals surface area contributed by atoms with Crippen molar-refractivity contribution in [2.75, 3.05) is 0 Å². The Balaban J connectivity index is 0.925. The SMILES string of the molecule is CC1C=CC=CC1C1=CC2C=CC=CC2c2cc(-n3c4ccccc4c4cc(-c5ccc6c(c5)c5ccccc5n6-c5ccc6c(c5)C(C)(C)C5=C6CCCC5)ccc43)ccc21. The summed E-state index contributed by atoms with van der Waals surface area (Å²) in [7, 11) is 0. The molecule has 0 saturated heterocycles. The molecule has 4 unspecified atom stereocenters. The van der Waals surface area contributed by atoms with Gasteiger partial charge in [0, 0.05) is 56.1 Å². The first-order valence-corrected chi connectivity index (χ1v) is 22.9. The van der Waals surface area contributed by atoms with Crippen molar-refractivity contribution in [1.29, 1.82) is 0 Å². The molecule has 300 valence electrons. The summed E-state index contributed by atoms with van der Waals surface area (Å²) >= 11 is 0. The molecule has 5 aliphatic rings. The van der Waals surface area contributed by atoms with Crippen LogP contribution in [-0.2, 0) is 5.41 Å². The van der Waals surface area contributed by atoms with Gasteiger partial charge in [-0.1, -0.05) is 142 Å². The number of benzene rings is 6. The second kappa shape index (κ2) is 13.4. The van der Waals surface area contributed by atoms with Crippen LogP contribution in [0.4, 0.5) is 0 Å². The number of hydrogen-bond acceptors (Lipinski definition) is 0. The van der Waals surface area contributed by atoms with Gasteiger partial charge >= 0.3 is 0 Å². The van der Waals surface area contributed by atoms with Crippen molar-refractivity contribution >= 4 is 54.8 Å². The number of nitrogens with zero attached hydrogens (tertiary/aromatic N) is 2. The van der Waals surface area contributed by atoms with Crippen molar-refractivity contribution in [1.82, 2.24) is 9.13 Å². The molecule has 0 spiro atoms. The van der Waals surface area contributed by atoms with Crippen molar-refractivity contribution in [3.05, 3.63) is 204 Å². The minimum Gasteiger partial charge on any atom is -0.309 e. The van der Waals surface area contributed by atoms with E-state index in [1.165, 1.54) is 120 Å². The fraction of sp³-hybridized carbons (Fsp3) is 0.200. The molecule has 5 aliphatic carbocycles. The summed E-state index contributed by atoms with van der Waals surface area (Å²) in [5.41, 5.74) is 20.6. The Bertz CT molecular complexity index is 3420. The van der Waals surface area contributed by atoms with Gasteiger partial charge in [0.15, 0.2) is 0 Å². The van der Waals surface area contributed by atoms with Crippen LogP contribution in [0.25, 0.3) is 77.3 Å². The Hall–Kier alpha value is -6.64. The highest BCUT2D eigenvalue weighted by atomic mass is 15.0. The quantitative estimate of drug-likeness (QED) is 0.168. The number of aromatic nitrogens is 2. The van der Waals surface area contributed by atoms with Gasteiger partial charge in [0.25, 0.3) is 0 Å². The summed E-state index contributed by atoms with van der Waals surface area (Å²) in [5.74, 6) is 1.53. The van der Waals surface area contributed by atoms with Gasteiger partial charge in [-0.2, -0.15) is 0 Å². The zero-order chi connectivity index (χ0) is 41.3. The Morgan fingerprint density at radius 3 is 1.79 bits per heavy atom. The second-order valence-electron chi connectivity index (χ2n) is 19.1. The van der Waals surface area contributed by atoms with Crippen LogP contribution in [0.2, 0.25) is 0 Å². The maximum atomic E-state index is 2.55. The lowest BCUT2D eigenvalue weighted by Crippen LogP contribution is -2.21. The van der Waals surface area contributed by atoms with E-state index in [-0.39, 0.29) is 5.41 Å². The third kappa shape index (κ3) is 5.16. The van der Waals surface area contributed by atoms with Crippen LogP contribution in [0.1, 0.15) is 74.6 Å². The van der Waals surface area contributed by atoms with Crippen molar-refractivity contribution in [2.45, 2.75) is 57.8 Å². The Labute approximate surface area is 364 Å². The molecule has 0 bridgehead atoms. The molecule has 13 rings (SSSR count). The predicted octanol–water partition coefficient (Wildman–Crippen LogP) is 15.8. The molecule has 8 aromatic rings. The van der Waals surface area contributed by atoms with E-state index in [1.54, 1.807) is 11.1 Å². The average molecular weight is 799 g/mol. The minimum absolute atomic E-state index is 0.0755. The Morgan fingerprint density at radius 2 is 1.10 bits per heavy atom. The van der Waals surface area contributed by atoms with Crippen LogP contribution < -0.4 is 0 Å². The van der Waals surface area contributed by atoms with Crippen molar-refractivity contribution in [3.8, 4) is 22.5 Å². The summed E-state index contributed by atoms with van der Waals surface area (Å²) in [5, 5.41) is 5.14. The lowest BCUT2D eigenvalue weighted by atomic mass is 9.69. The van der Waals surface area contributed by atoms with E-state index in [0.29, 0.717) is 23.7 Å². The number of para-hydroxylation sites is 2. The zero-order valence-electron chi connectivity index (χ0n) is 35.8. The fourth-order valence-electron chi connectivity index (χ4n) is 12.4. The topological polar surface area (TPSA) is 9.86 Å². The lowest BCUT2D eigenvalue weighted by molar-refractivity contribution is 0.574. The highest BCUT2D eigenvalue weighted by Gasteiger charge is 2.39. The van der Waals surface area contributed by atoms with Crippen LogP contribution in [0.5, 0.6) is 0 Å². The molecule has 62 heavy (non-hydrogen) atoms. The van der Waals surface area contributed by atoms with E-state index in [0.717, 1.165) is 0 Å². The van der Waals surface area contributed by atoms with Gasteiger partial charge < -0.3 is 9.13 Å². The highest BCUT2D eigenvalue weighted by molar-refractivity contribution is 6.13. The van der Waals surface area contributed by atoms with E-state index in [1.807, 2.05) is 0 Å². The van der Waals surface area contributed by atoms with Crippen molar-refractivity contribution < 1.29 is 0 Å². The van der Waals surface area contributed by atoms with Gasteiger partial charge in [0.2, 0.25) is 0 Å². The normalized spacial score (nSPS) is 22.1. The average Bonchev–Trinajstić information content (AvgIpc) is 3.91. The van der Waals surface area contributed by atoms with E-state index in [9.17, 15) is 0 Å². The van der Waals surface area contributed by atoms with Gasteiger partial charge in [-0.05, 0) is 137 Å². The van der Waals surface area contributed by atoms with Crippen LogP contribution in [0.3, 0.4) is 0 Å². The summed E-state index contributed by atoms with van der Waals surface area (Å²) < 4.78 is 5.00. The summed E-state index contributed by atoms with van der Waals surface area (Å²) in [6.45, 7) is 7.25. The largest absolute Gasteiger partial charge is 0.309 e. The Morgan fingerprint density at radius 1 is 0.516 bits per heavy atom. The van der Waals surface area contributed by atoms with Gasteiger partial charge in [-0.3, -0.25) is 0 Å². The molecule has 0 N–H and O–H groups in total. The molecule has 0 amide bonds. The molecule has 2 aromatic heterocycles. The van der Waals surface area contributed by atoms with Crippen LogP contribution in [0.15, 0.2) is 182 Å². The molecule has 4 atom stereocenters. The molecule has 0 aliphatic heterocycles. The molecular weight excluding hydrogens is 749 g/mol. The lowest BCUT2D eigenvalue weighted by Gasteiger charge is -2.35. The number of rotatable bonds is 4. The molecule has 2 nitrogen and oxygen atoms in total. The monoisotopic (exact) mass is 798 g/mol. The molecule has 0 fully saturated rings. The standard InChI is InChI=1S/C60H50N2/c1-37-14-4-6-16-43(37)50-34-40-15-5-7-17-44(40)51-35-41(26-28-45(50)51)61-56-22-12-9-19-48(56)52-32-38(24-30-58(52)61)39-25-31-59-53(33-39)49-20-10-13-23-57(49)62(59)42-27-29-47-46-18-8-11-21-54(46)60(2,3)55(47)36-42/h4-7,9-10,12-17,19-20,22-37,40,43-44H,8,11,18,21H2,1-3H3.